The zero-order chi connectivity index (χ0) is 37.3. The molecule has 0 aliphatic carbocycles. The lowest BCUT2D eigenvalue weighted by Gasteiger charge is -2.18. The molecule has 6 heteroatoms. The van der Waals surface area contributed by atoms with Crippen molar-refractivity contribution < 1.29 is 28.6 Å². The first-order valence-electron chi connectivity index (χ1n) is 22.5. The molecule has 0 rings (SSSR count). The Hall–Kier alpha value is -1.59. The Labute approximate surface area is 317 Å². The van der Waals surface area contributed by atoms with Crippen LogP contribution in [0.1, 0.15) is 252 Å². The molecule has 0 aromatic heterocycles. The Bertz CT molecular complexity index is 753. The van der Waals surface area contributed by atoms with Crippen molar-refractivity contribution in [3.8, 4) is 0 Å². The molecule has 0 amide bonds. The minimum Gasteiger partial charge on any atom is -0.462 e. The van der Waals surface area contributed by atoms with Gasteiger partial charge in [0.15, 0.2) is 6.10 Å². The van der Waals surface area contributed by atoms with Crippen LogP contribution in [0.4, 0.5) is 0 Å². The van der Waals surface area contributed by atoms with Crippen LogP contribution >= 0.6 is 0 Å². The minimum atomic E-state index is -0.755. The van der Waals surface area contributed by atoms with Crippen LogP contribution in [0.15, 0.2) is 0 Å². The molecule has 0 saturated heterocycles. The number of unbranched alkanes of at least 4 members (excludes halogenated alkanes) is 30. The van der Waals surface area contributed by atoms with Gasteiger partial charge in [0.1, 0.15) is 13.2 Å². The summed E-state index contributed by atoms with van der Waals surface area (Å²) in [5.41, 5.74) is 0. The van der Waals surface area contributed by atoms with E-state index in [0.29, 0.717) is 19.3 Å². The number of carbonyl (C=O) groups excluding carboxylic acids is 3. The number of rotatable bonds is 41. The van der Waals surface area contributed by atoms with Crippen LogP contribution in [0.2, 0.25) is 0 Å². The first-order chi connectivity index (χ1) is 25.0. The van der Waals surface area contributed by atoms with Crippen LogP contribution in [0.25, 0.3) is 0 Å². The molecule has 0 saturated carbocycles. The van der Waals surface area contributed by atoms with Crippen LogP contribution in [0.3, 0.4) is 0 Å². The molecule has 6 nitrogen and oxygen atoms in total. The maximum atomic E-state index is 12.6. The van der Waals surface area contributed by atoms with Crippen molar-refractivity contribution in [2.24, 2.45) is 0 Å². The third-order valence-electron chi connectivity index (χ3n) is 10.1. The van der Waals surface area contributed by atoms with Gasteiger partial charge in [-0.15, -0.1) is 0 Å². The molecule has 0 aliphatic rings. The van der Waals surface area contributed by atoms with Crippen molar-refractivity contribution >= 4 is 17.9 Å². The lowest BCUT2D eigenvalue weighted by atomic mass is 10.0. The summed E-state index contributed by atoms with van der Waals surface area (Å²) in [5, 5.41) is 0. The topological polar surface area (TPSA) is 78.9 Å². The standard InChI is InChI=1S/C45H86O6/c1-4-7-10-13-15-17-18-19-20-21-22-23-24-25-26-28-29-32-35-38-44(47)50-41-42(40-49-43(46)37-34-31-12-9-6-3)51-45(48)39-36-33-30-27-16-14-11-8-5-2/h42H,4-41H2,1-3H3/t42-/m1/s1. The molecular weight excluding hydrogens is 636 g/mol. The molecule has 0 aromatic carbocycles. The van der Waals surface area contributed by atoms with Crippen LogP contribution in [0, 0.1) is 0 Å². The molecule has 1 atom stereocenters. The van der Waals surface area contributed by atoms with Gasteiger partial charge in [0, 0.05) is 19.3 Å². The van der Waals surface area contributed by atoms with Gasteiger partial charge in [0.05, 0.1) is 0 Å². The van der Waals surface area contributed by atoms with E-state index >= 15 is 0 Å². The van der Waals surface area contributed by atoms with E-state index < -0.39 is 6.10 Å². The maximum absolute atomic E-state index is 12.6. The number of ether oxygens (including phenoxy) is 3. The van der Waals surface area contributed by atoms with E-state index in [-0.39, 0.29) is 31.1 Å². The Balaban J connectivity index is 4.06. The van der Waals surface area contributed by atoms with Gasteiger partial charge < -0.3 is 14.2 Å². The molecule has 0 unspecified atom stereocenters. The highest BCUT2D eigenvalue weighted by Crippen LogP contribution is 2.16. The second-order valence-electron chi connectivity index (χ2n) is 15.3. The zero-order valence-electron chi connectivity index (χ0n) is 34.4. The van der Waals surface area contributed by atoms with Crippen LogP contribution in [0.5, 0.6) is 0 Å². The second-order valence-corrected chi connectivity index (χ2v) is 15.3. The smallest absolute Gasteiger partial charge is 0.306 e. The molecular formula is C45H86O6. The van der Waals surface area contributed by atoms with Crippen LogP contribution < -0.4 is 0 Å². The average Bonchev–Trinajstić information content (AvgIpc) is 3.12. The zero-order valence-corrected chi connectivity index (χ0v) is 34.4. The van der Waals surface area contributed by atoms with Crippen molar-refractivity contribution in [1.29, 1.82) is 0 Å². The largest absolute Gasteiger partial charge is 0.462 e. The fourth-order valence-corrected chi connectivity index (χ4v) is 6.68. The summed E-state index contributed by atoms with van der Waals surface area (Å²) in [6.07, 6.45) is 41.3. The molecule has 0 bridgehead atoms. The molecule has 51 heavy (non-hydrogen) atoms. The van der Waals surface area contributed by atoms with Crippen molar-refractivity contribution in [3.63, 3.8) is 0 Å². The van der Waals surface area contributed by atoms with E-state index in [1.807, 2.05) is 0 Å². The molecule has 0 spiro atoms. The third-order valence-corrected chi connectivity index (χ3v) is 10.1. The van der Waals surface area contributed by atoms with Gasteiger partial charge in [-0.1, -0.05) is 213 Å². The van der Waals surface area contributed by atoms with Crippen LogP contribution in [-0.4, -0.2) is 37.2 Å². The first-order valence-corrected chi connectivity index (χ1v) is 22.5. The first kappa shape index (κ1) is 49.4. The van der Waals surface area contributed by atoms with Crippen molar-refractivity contribution in [2.75, 3.05) is 13.2 Å². The summed E-state index contributed by atoms with van der Waals surface area (Å²) < 4.78 is 16.6. The van der Waals surface area contributed by atoms with Crippen LogP contribution in [-0.2, 0) is 28.6 Å². The summed E-state index contributed by atoms with van der Waals surface area (Å²) in [6.45, 7) is 6.55. The Kier molecular flexibility index (Phi) is 39.9. The quantitative estimate of drug-likeness (QED) is 0.0355. The Morgan fingerprint density at radius 1 is 0.314 bits per heavy atom. The van der Waals surface area contributed by atoms with Gasteiger partial charge in [-0.3, -0.25) is 14.4 Å². The molecule has 302 valence electrons. The van der Waals surface area contributed by atoms with Gasteiger partial charge in [0.25, 0.3) is 0 Å². The summed E-state index contributed by atoms with van der Waals surface area (Å²) in [4.78, 5) is 37.3. The normalized spacial score (nSPS) is 11.8. The predicted molar refractivity (Wildman–Crippen MR) is 215 cm³/mol. The average molecular weight is 723 g/mol. The number of esters is 3. The van der Waals surface area contributed by atoms with Crippen molar-refractivity contribution in [1.82, 2.24) is 0 Å². The fourth-order valence-electron chi connectivity index (χ4n) is 6.68. The summed E-state index contributed by atoms with van der Waals surface area (Å²) in [6, 6.07) is 0. The number of carbonyl (C=O) groups is 3. The lowest BCUT2D eigenvalue weighted by Crippen LogP contribution is -2.30. The van der Waals surface area contributed by atoms with E-state index in [4.69, 9.17) is 14.2 Å². The van der Waals surface area contributed by atoms with Gasteiger partial charge in [-0.2, -0.15) is 0 Å². The van der Waals surface area contributed by atoms with Gasteiger partial charge in [-0.05, 0) is 19.3 Å². The predicted octanol–water partition coefficient (Wildman–Crippen LogP) is 14.1. The third kappa shape index (κ3) is 39.5. The highest BCUT2D eigenvalue weighted by atomic mass is 16.6. The van der Waals surface area contributed by atoms with Crippen molar-refractivity contribution in [3.05, 3.63) is 0 Å². The number of hydrogen-bond acceptors (Lipinski definition) is 6. The second kappa shape index (κ2) is 41.2. The monoisotopic (exact) mass is 723 g/mol. The SMILES string of the molecule is CCCCCCCCCCCCCCCCCCCCCC(=O)OC[C@@H](COC(=O)CCCCCCC)OC(=O)CCCCCCCCCCC. The molecule has 0 aliphatic heterocycles. The van der Waals surface area contributed by atoms with Crippen molar-refractivity contribution in [2.45, 2.75) is 258 Å². The highest BCUT2D eigenvalue weighted by Gasteiger charge is 2.19. The Morgan fingerprint density at radius 2 is 0.529 bits per heavy atom. The Morgan fingerprint density at radius 3 is 0.784 bits per heavy atom. The lowest BCUT2D eigenvalue weighted by molar-refractivity contribution is -0.167. The van der Waals surface area contributed by atoms with Gasteiger partial charge >= 0.3 is 17.9 Å². The molecule has 0 heterocycles. The van der Waals surface area contributed by atoms with E-state index in [2.05, 4.69) is 20.8 Å². The minimum absolute atomic E-state index is 0.0642. The van der Waals surface area contributed by atoms with E-state index in [0.717, 1.165) is 64.2 Å². The summed E-state index contributed by atoms with van der Waals surface area (Å²) in [5.74, 6) is -0.871. The van der Waals surface area contributed by atoms with E-state index in [1.165, 1.54) is 148 Å². The van der Waals surface area contributed by atoms with E-state index in [1.54, 1.807) is 0 Å². The maximum Gasteiger partial charge on any atom is 0.306 e. The summed E-state index contributed by atoms with van der Waals surface area (Å²) >= 11 is 0. The molecule has 0 fully saturated rings. The van der Waals surface area contributed by atoms with Gasteiger partial charge in [-0.25, -0.2) is 0 Å². The highest BCUT2D eigenvalue weighted by molar-refractivity contribution is 5.71. The number of hydrogen-bond donors (Lipinski definition) is 0. The molecule has 0 aromatic rings. The summed E-state index contributed by atoms with van der Waals surface area (Å²) in [7, 11) is 0. The van der Waals surface area contributed by atoms with Gasteiger partial charge in [0.2, 0.25) is 0 Å². The van der Waals surface area contributed by atoms with E-state index in [9.17, 15) is 14.4 Å². The molecule has 0 N–H and O–H groups in total. The fraction of sp³-hybridized carbons (Fsp3) is 0.933. The molecule has 0 radical (unpaired) electrons.